The Morgan fingerprint density at radius 1 is 1.10 bits per heavy atom. The molecule has 2 atom stereocenters. The van der Waals surface area contributed by atoms with Gasteiger partial charge in [-0.2, -0.15) is 28.2 Å². The number of hydrogen-bond donors (Lipinski definition) is 3. The summed E-state index contributed by atoms with van der Waals surface area (Å²) in [5, 5.41) is 27.8. The molecule has 41 heavy (non-hydrogen) atoms. The second-order valence-electron chi connectivity index (χ2n) is 10.7. The van der Waals surface area contributed by atoms with Crippen LogP contribution in [0.1, 0.15) is 85.4 Å². The molecule has 2 saturated carbocycles. The first-order valence-corrected chi connectivity index (χ1v) is 13.3. The Morgan fingerprint density at radius 3 is 2.51 bits per heavy atom. The summed E-state index contributed by atoms with van der Waals surface area (Å²) in [6.45, 7) is 0.615. The third kappa shape index (κ3) is 7.54. The van der Waals surface area contributed by atoms with E-state index in [0.717, 1.165) is 12.8 Å². The second kappa shape index (κ2) is 11.3. The van der Waals surface area contributed by atoms with Crippen LogP contribution in [0.5, 0.6) is 0 Å². The zero-order valence-corrected chi connectivity index (χ0v) is 21.8. The normalized spacial score (nSPS) is 19.2. The van der Waals surface area contributed by atoms with Gasteiger partial charge in [0.2, 0.25) is 11.8 Å². The molecular weight excluding hydrogens is 555 g/mol. The molecule has 0 radical (unpaired) electrons. The molecule has 0 unspecified atom stereocenters. The van der Waals surface area contributed by atoms with Gasteiger partial charge in [0, 0.05) is 24.8 Å². The molecule has 0 saturated heterocycles. The number of aromatic nitrogens is 6. The highest BCUT2D eigenvalue weighted by Crippen LogP contribution is 2.41. The van der Waals surface area contributed by atoms with Gasteiger partial charge in [-0.25, -0.2) is 18.3 Å². The van der Waals surface area contributed by atoms with E-state index in [9.17, 15) is 36.6 Å². The van der Waals surface area contributed by atoms with E-state index in [-0.39, 0.29) is 48.5 Å². The average molecular weight is 585 g/mol. The highest BCUT2D eigenvalue weighted by Gasteiger charge is 2.39. The zero-order chi connectivity index (χ0) is 29.4. The number of carbonyl (C=O) groups is 2. The van der Waals surface area contributed by atoms with Crippen LogP contribution in [0.2, 0.25) is 0 Å². The predicted octanol–water partition coefficient (Wildman–Crippen LogP) is 3.48. The molecule has 3 aromatic heterocycles. The van der Waals surface area contributed by atoms with Crippen LogP contribution in [0.25, 0.3) is 5.65 Å². The third-order valence-electron chi connectivity index (χ3n) is 7.33. The fourth-order valence-electron chi connectivity index (χ4n) is 4.84. The molecule has 0 aromatic carbocycles. The molecule has 3 N–H and O–H groups in total. The first-order valence-electron chi connectivity index (χ1n) is 13.3. The van der Waals surface area contributed by atoms with Crippen molar-refractivity contribution in [2.24, 2.45) is 11.8 Å². The van der Waals surface area contributed by atoms with E-state index in [1.807, 2.05) is 0 Å². The number of hydrogen-bond acceptors (Lipinski definition) is 7. The number of nitrogens with one attached hydrogen (secondary N) is 2. The highest BCUT2D eigenvalue weighted by atomic mass is 19.4. The maximum atomic E-state index is 13.9. The Bertz CT molecular complexity index is 1390. The summed E-state index contributed by atoms with van der Waals surface area (Å²) < 4.78 is 66.3. The van der Waals surface area contributed by atoms with Crippen LogP contribution in [0.4, 0.5) is 22.0 Å². The van der Waals surface area contributed by atoms with E-state index in [1.54, 1.807) is 0 Å². The Hall–Kier alpha value is -3.69. The number of amides is 2. The van der Waals surface area contributed by atoms with E-state index in [2.05, 4.69) is 30.9 Å². The monoisotopic (exact) mass is 584 g/mol. The molecule has 3 aromatic rings. The SMILES string of the molecule is O=C(CCC(F)(F)F)N[C@H](O)c1cnn2cc([C@@H](NC(=O)c3cnn(CC4CC4)n3)C3CCC(F)(F)CC3)nc2c1. The number of carbonyl (C=O) groups excluding carboxylic acids is 2. The number of alkyl halides is 5. The van der Waals surface area contributed by atoms with E-state index < -0.39 is 49.0 Å². The molecule has 16 heteroatoms. The molecule has 222 valence electrons. The van der Waals surface area contributed by atoms with Gasteiger partial charge in [0.15, 0.2) is 17.6 Å². The number of fused-ring (bicyclic) bond motifs is 1. The Kier molecular flexibility index (Phi) is 7.94. The van der Waals surface area contributed by atoms with Gasteiger partial charge in [-0.3, -0.25) is 9.59 Å². The molecule has 2 fully saturated rings. The van der Waals surface area contributed by atoms with Crippen LogP contribution < -0.4 is 10.6 Å². The van der Waals surface area contributed by atoms with Crippen molar-refractivity contribution in [1.29, 1.82) is 0 Å². The summed E-state index contributed by atoms with van der Waals surface area (Å²) in [6, 6.07) is 0.618. The molecule has 11 nitrogen and oxygen atoms in total. The molecule has 2 amide bonds. The minimum atomic E-state index is -4.51. The highest BCUT2D eigenvalue weighted by molar-refractivity contribution is 5.92. The van der Waals surface area contributed by atoms with E-state index in [1.165, 1.54) is 34.0 Å². The largest absolute Gasteiger partial charge is 0.389 e. The second-order valence-corrected chi connectivity index (χ2v) is 10.7. The van der Waals surface area contributed by atoms with Crippen molar-refractivity contribution in [2.45, 2.75) is 82.3 Å². The van der Waals surface area contributed by atoms with Gasteiger partial charge in [-0.05, 0) is 43.6 Å². The van der Waals surface area contributed by atoms with E-state index in [4.69, 9.17) is 0 Å². The Morgan fingerprint density at radius 2 is 1.83 bits per heavy atom. The number of aliphatic hydroxyl groups is 1. The summed E-state index contributed by atoms with van der Waals surface area (Å²) in [6.07, 6.45) is -2.46. The molecule has 5 rings (SSSR count). The van der Waals surface area contributed by atoms with Gasteiger partial charge in [-0.15, -0.1) is 5.10 Å². The van der Waals surface area contributed by atoms with Crippen molar-refractivity contribution in [3.63, 3.8) is 0 Å². The van der Waals surface area contributed by atoms with Crippen LogP contribution in [-0.2, 0) is 11.3 Å². The summed E-state index contributed by atoms with van der Waals surface area (Å²) in [4.78, 5) is 30.9. The van der Waals surface area contributed by atoms with E-state index >= 15 is 0 Å². The standard InChI is InChI=1S/C25H29F5N8O3/c26-24(27)6-3-15(4-7-24)21(35-23(41)17-11-32-38(36-17)12-14-1-2-14)18-13-37-19(33-18)9-16(10-31-37)22(40)34-20(39)5-8-25(28,29)30/h9-11,13-15,21-22,40H,1-8,12H2,(H,34,39)(H,35,41)/t21-,22+/m0/s1. The molecule has 2 aliphatic carbocycles. The van der Waals surface area contributed by atoms with Gasteiger partial charge in [0.1, 0.15) is 0 Å². The zero-order valence-electron chi connectivity index (χ0n) is 21.8. The van der Waals surface area contributed by atoms with E-state index in [0.29, 0.717) is 18.2 Å². The van der Waals surface area contributed by atoms with Gasteiger partial charge in [0.05, 0.1) is 43.3 Å². The van der Waals surface area contributed by atoms with Crippen LogP contribution in [0.15, 0.2) is 24.7 Å². The van der Waals surface area contributed by atoms with Gasteiger partial charge >= 0.3 is 6.18 Å². The molecule has 2 aliphatic rings. The summed E-state index contributed by atoms with van der Waals surface area (Å²) in [5.74, 6) is -4.17. The van der Waals surface area contributed by atoms with Crippen molar-refractivity contribution < 1.29 is 36.6 Å². The van der Waals surface area contributed by atoms with Crippen LogP contribution in [0, 0.1) is 11.8 Å². The summed E-state index contributed by atoms with van der Waals surface area (Å²) in [5.41, 5.74) is 0.703. The average Bonchev–Trinajstić information content (AvgIpc) is 3.41. The fourth-order valence-corrected chi connectivity index (χ4v) is 4.84. The smallest absolute Gasteiger partial charge is 0.369 e. The molecule has 0 bridgehead atoms. The van der Waals surface area contributed by atoms with Crippen molar-refractivity contribution in [3.8, 4) is 0 Å². The number of rotatable bonds is 10. The van der Waals surface area contributed by atoms with Crippen molar-refractivity contribution in [2.75, 3.05) is 0 Å². The predicted molar refractivity (Wildman–Crippen MR) is 131 cm³/mol. The molecule has 3 heterocycles. The van der Waals surface area contributed by atoms with Crippen LogP contribution >= 0.6 is 0 Å². The lowest BCUT2D eigenvalue weighted by molar-refractivity contribution is -0.145. The molecule has 0 spiro atoms. The Labute approximate surface area is 230 Å². The quantitative estimate of drug-likeness (QED) is 0.245. The number of halogens is 5. The topological polar surface area (TPSA) is 139 Å². The summed E-state index contributed by atoms with van der Waals surface area (Å²) >= 11 is 0. The van der Waals surface area contributed by atoms with Gasteiger partial charge in [-0.1, -0.05) is 0 Å². The number of nitrogens with zero attached hydrogens (tertiary/aromatic N) is 6. The van der Waals surface area contributed by atoms with Gasteiger partial charge in [0.25, 0.3) is 5.91 Å². The number of imidazole rings is 1. The van der Waals surface area contributed by atoms with Crippen molar-refractivity contribution in [1.82, 2.24) is 40.2 Å². The summed E-state index contributed by atoms with van der Waals surface area (Å²) in [7, 11) is 0. The first-order chi connectivity index (χ1) is 19.3. The molecular formula is C25H29F5N8O3. The maximum absolute atomic E-state index is 13.9. The van der Waals surface area contributed by atoms with Crippen LogP contribution in [0.3, 0.4) is 0 Å². The minimum Gasteiger partial charge on any atom is -0.369 e. The van der Waals surface area contributed by atoms with Crippen molar-refractivity contribution in [3.05, 3.63) is 41.6 Å². The van der Waals surface area contributed by atoms with Crippen molar-refractivity contribution >= 4 is 17.5 Å². The lowest BCUT2D eigenvalue weighted by atomic mass is 9.81. The maximum Gasteiger partial charge on any atom is 0.389 e. The fraction of sp³-hybridized carbons (Fsp3) is 0.600. The third-order valence-corrected chi connectivity index (χ3v) is 7.33. The Balaban J connectivity index is 1.33. The number of aliphatic hydroxyl groups excluding tert-OH is 1. The minimum absolute atomic E-state index is 0.0696. The first kappa shape index (κ1) is 28.8. The molecule has 0 aliphatic heterocycles. The lowest BCUT2D eigenvalue weighted by Crippen LogP contribution is -2.37. The lowest BCUT2D eigenvalue weighted by Gasteiger charge is -2.33. The van der Waals surface area contributed by atoms with Crippen LogP contribution in [-0.4, -0.2) is 58.6 Å². The van der Waals surface area contributed by atoms with Gasteiger partial charge < -0.3 is 15.7 Å².